The summed E-state index contributed by atoms with van der Waals surface area (Å²) in [4.78, 5) is 24.3. The number of carbonyl (C=O) groups excluding carboxylic acids is 2. The van der Waals surface area contributed by atoms with Gasteiger partial charge in [-0.05, 0) is 86.6 Å². The zero-order valence-electron chi connectivity index (χ0n) is 26.1. The van der Waals surface area contributed by atoms with Gasteiger partial charge in [0.05, 0.1) is 11.1 Å². The summed E-state index contributed by atoms with van der Waals surface area (Å²) in [5.41, 5.74) is 0.590. The van der Waals surface area contributed by atoms with Crippen molar-refractivity contribution in [1.82, 2.24) is 10.1 Å². The molecule has 2 saturated heterocycles. The average Bonchev–Trinajstić information content (AvgIpc) is 2.86. The summed E-state index contributed by atoms with van der Waals surface area (Å²) in [6, 6.07) is 16.4. The zero-order valence-corrected chi connectivity index (χ0v) is 26.1. The molecule has 0 aliphatic carbocycles. The van der Waals surface area contributed by atoms with Crippen molar-refractivity contribution in [2.75, 3.05) is 0 Å². The van der Waals surface area contributed by atoms with Crippen LogP contribution >= 0.6 is 0 Å². The lowest BCUT2D eigenvalue weighted by atomic mass is 9.80. The molecule has 2 aliphatic rings. The third-order valence-electron chi connectivity index (χ3n) is 8.05. The molecule has 0 atom stereocenters. The predicted molar refractivity (Wildman–Crippen MR) is 158 cm³/mol. The van der Waals surface area contributed by atoms with E-state index in [1.54, 1.807) is 24.3 Å². The second-order valence-electron chi connectivity index (χ2n) is 14.0. The molecule has 2 aromatic carbocycles. The first-order valence-corrected chi connectivity index (χ1v) is 14.4. The third kappa shape index (κ3) is 8.16. The highest BCUT2D eigenvalue weighted by Gasteiger charge is 2.47. The van der Waals surface area contributed by atoms with Crippen LogP contribution in [0.4, 0.5) is 0 Å². The smallest absolute Gasteiger partial charge is 0.338 e. The van der Waals surface area contributed by atoms with Gasteiger partial charge < -0.3 is 19.9 Å². The van der Waals surface area contributed by atoms with E-state index in [0.717, 1.165) is 5.56 Å². The number of piperidine rings is 2. The molecular formula is C33H48N2O6. The molecule has 2 fully saturated rings. The molecule has 2 heterocycles. The highest BCUT2D eigenvalue weighted by molar-refractivity contribution is 5.90. The quantitative estimate of drug-likeness (QED) is 0.388. The van der Waals surface area contributed by atoms with Crippen LogP contribution in [-0.2, 0) is 9.47 Å². The van der Waals surface area contributed by atoms with Gasteiger partial charge in [-0.25, -0.2) is 9.59 Å². The number of carbonyl (C=O) groups is 2. The van der Waals surface area contributed by atoms with Gasteiger partial charge in [-0.2, -0.15) is 10.1 Å². The van der Waals surface area contributed by atoms with Gasteiger partial charge >= 0.3 is 11.9 Å². The van der Waals surface area contributed by atoms with Crippen molar-refractivity contribution < 1.29 is 29.5 Å². The van der Waals surface area contributed by atoms with Crippen LogP contribution in [0.2, 0.25) is 0 Å². The molecular weight excluding hydrogens is 520 g/mol. The molecule has 0 amide bonds. The first kappa shape index (κ1) is 32.7. The largest absolute Gasteiger partial charge is 0.459 e. The van der Waals surface area contributed by atoms with E-state index in [2.05, 4.69) is 0 Å². The molecule has 2 N–H and O–H groups in total. The Morgan fingerprint density at radius 3 is 1.27 bits per heavy atom. The van der Waals surface area contributed by atoms with Crippen LogP contribution in [0, 0.1) is 6.92 Å². The lowest BCUT2D eigenvalue weighted by Gasteiger charge is -2.50. The fraction of sp³-hybridized carbons (Fsp3) is 0.576. The minimum Gasteiger partial charge on any atom is -0.459 e. The minimum atomic E-state index is -0.417. The van der Waals surface area contributed by atoms with Gasteiger partial charge in [-0.15, -0.1) is 0 Å². The second-order valence-corrected chi connectivity index (χ2v) is 14.0. The molecule has 0 aromatic heterocycles. The number of benzene rings is 2. The van der Waals surface area contributed by atoms with Crippen molar-refractivity contribution in [3.05, 3.63) is 71.3 Å². The highest BCUT2D eigenvalue weighted by atomic mass is 16.6. The zero-order chi connectivity index (χ0) is 30.8. The molecule has 8 nitrogen and oxygen atoms in total. The molecule has 0 spiro atoms. The Balaban J connectivity index is 0.000000226. The lowest BCUT2D eigenvalue weighted by molar-refractivity contribution is -0.256. The SMILES string of the molecule is CC1(C)CC(OC(=O)c2ccccc2)CC(C)(C)N1O.Cc1ccc(C(=O)OC2CC(C)(C)N(O)C(C)(C)C2)cc1. The second kappa shape index (κ2) is 12.2. The fourth-order valence-corrected chi connectivity index (χ4v) is 6.23. The first-order chi connectivity index (χ1) is 18.8. The number of aryl methyl sites for hydroxylation is 1. The fourth-order valence-electron chi connectivity index (χ4n) is 6.23. The number of esters is 2. The van der Waals surface area contributed by atoms with E-state index in [1.165, 1.54) is 10.1 Å². The van der Waals surface area contributed by atoms with Gasteiger partial charge in [0.25, 0.3) is 0 Å². The van der Waals surface area contributed by atoms with Gasteiger partial charge in [0, 0.05) is 47.8 Å². The van der Waals surface area contributed by atoms with Crippen molar-refractivity contribution in [2.45, 2.75) is 122 Å². The molecule has 0 bridgehead atoms. The minimum absolute atomic E-state index is 0.184. The van der Waals surface area contributed by atoms with Crippen molar-refractivity contribution in [1.29, 1.82) is 0 Å². The number of hydroxylamine groups is 4. The maximum absolute atomic E-state index is 12.2. The molecule has 0 saturated carbocycles. The van der Waals surface area contributed by atoms with Crippen LogP contribution < -0.4 is 0 Å². The predicted octanol–water partition coefficient (Wildman–Crippen LogP) is 6.82. The molecule has 0 unspecified atom stereocenters. The topological polar surface area (TPSA) is 99.5 Å². The lowest BCUT2D eigenvalue weighted by Crippen LogP contribution is -2.60. The molecule has 4 rings (SSSR count). The Hall–Kier alpha value is -2.78. The Labute approximate surface area is 245 Å². The number of nitrogens with zero attached hydrogens (tertiary/aromatic N) is 2. The third-order valence-corrected chi connectivity index (χ3v) is 8.05. The van der Waals surface area contributed by atoms with Gasteiger partial charge in [0.1, 0.15) is 12.2 Å². The van der Waals surface area contributed by atoms with Crippen molar-refractivity contribution in [3.8, 4) is 0 Å². The summed E-state index contributed by atoms with van der Waals surface area (Å²) in [6.45, 7) is 17.6. The highest BCUT2D eigenvalue weighted by Crippen LogP contribution is 2.39. The molecule has 2 aromatic rings. The number of hydrogen-bond acceptors (Lipinski definition) is 8. The summed E-state index contributed by atoms with van der Waals surface area (Å²) in [5, 5.41) is 23.3. The Kier molecular flexibility index (Phi) is 9.75. The normalized spacial score (nSPS) is 22.2. The monoisotopic (exact) mass is 568 g/mol. The van der Waals surface area contributed by atoms with Crippen LogP contribution in [0.25, 0.3) is 0 Å². The van der Waals surface area contributed by atoms with E-state index in [4.69, 9.17) is 9.47 Å². The van der Waals surface area contributed by atoms with Crippen molar-refractivity contribution in [2.24, 2.45) is 0 Å². The van der Waals surface area contributed by atoms with E-state index in [1.807, 2.05) is 92.6 Å². The molecule has 41 heavy (non-hydrogen) atoms. The van der Waals surface area contributed by atoms with Crippen molar-refractivity contribution in [3.63, 3.8) is 0 Å². The van der Waals surface area contributed by atoms with E-state index in [0.29, 0.717) is 36.8 Å². The molecule has 2 aliphatic heterocycles. The number of hydrogen-bond donors (Lipinski definition) is 2. The summed E-state index contributed by atoms with van der Waals surface area (Å²) < 4.78 is 11.3. The van der Waals surface area contributed by atoms with E-state index in [-0.39, 0.29) is 24.1 Å². The van der Waals surface area contributed by atoms with E-state index in [9.17, 15) is 20.0 Å². The Morgan fingerprint density at radius 1 is 0.610 bits per heavy atom. The van der Waals surface area contributed by atoms with E-state index < -0.39 is 22.2 Å². The first-order valence-electron chi connectivity index (χ1n) is 14.4. The Bertz CT molecular complexity index is 1150. The van der Waals surface area contributed by atoms with Gasteiger partial charge in [0.15, 0.2) is 0 Å². The van der Waals surface area contributed by atoms with Gasteiger partial charge in [-0.3, -0.25) is 0 Å². The number of rotatable bonds is 4. The van der Waals surface area contributed by atoms with Crippen LogP contribution in [0.5, 0.6) is 0 Å². The molecule has 8 heteroatoms. The van der Waals surface area contributed by atoms with Crippen LogP contribution in [0.15, 0.2) is 54.6 Å². The summed E-state index contributed by atoms with van der Waals surface area (Å²) >= 11 is 0. The van der Waals surface area contributed by atoms with Gasteiger partial charge in [-0.1, -0.05) is 35.9 Å². The maximum atomic E-state index is 12.2. The Morgan fingerprint density at radius 2 is 0.927 bits per heavy atom. The summed E-state index contributed by atoms with van der Waals surface area (Å²) in [7, 11) is 0. The van der Waals surface area contributed by atoms with Crippen LogP contribution in [0.1, 0.15) is 107 Å². The molecule has 226 valence electrons. The standard InChI is InChI=1S/C17H25NO3.C16H23NO3/c1-12-6-8-13(9-7-12)15(19)21-14-10-16(2,3)18(20)17(4,5)11-14;1-15(2)10-13(11-16(3,4)17(15)19)20-14(18)12-8-6-5-7-9-12/h6-9,14,20H,10-11H2,1-5H3;5-9,13,19H,10-11H2,1-4H3. The average molecular weight is 569 g/mol. The van der Waals surface area contributed by atoms with Gasteiger partial charge in [0.2, 0.25) is 0 Å². The van der Waals surface area contributed by atoms with Crippen LogP contribution in [0.3, 0.4) is 0 Å². The van der Waals surface area contributed by atoms with Crippen LogP contribution in [-0.4, -0.2) is 66.8 Å². The maximum Gasteiger partial charge on any atom is 0.338 e. The molecule has 0 radical (unpaired) electrons. The van der Waals surface area contributed by atoms with Crippen molar-refractivity contribution >= 4 is 11.9 Å². The summed E-state index contributed by atoms with van der Waals surface area (Å²) in [5.74, 6) is -0.591. The number of ether oxygens (including phenoxy) is 2. The summed E-state index contributed by atoms with van der Waals surface area (Å²) in [6.07, 6.45) is 2.09. The van der Waals surface area contributed by atoms with E-state index >= 15 is 0 Å².